The topological polar surface area (TPSA) is 55.1 Å². The quantitative estimate of drug-likeness (QED) is 0.841. The van der Waals surface area contributed by atoms with Crippen LogP contribution in [0.3, 0.4) is 0 Å². The summed E-state index contributed by atoms with van der Waals surface area (Å²) in [5, 5.41) is 9.70. The van der Waals surface area contributed by atoms with Crippen LogP contribution in [0.4, 0.5) is 0 Å². The molecule has 0 radical (unpaired) electrons. The Morgan fingerprint density at radius 1 is 1.63 bits per heavy atom. The summed E-state index contributed by atoms with van der Waals surface area (Å²) in [6, 6.07) is 0.446. The number of nitrogens with zero attached hydrogens (tertiary/aromatic N) is 2. The SMILES string of the molecule is CCc1cnc(SCC(=O)O)n1C1CCCC1(C)C. The summed E-state index contributed by atoms with van der Waals surface area (Å²) < 4.78 is 2.29. The second kappa shape index (κ2) is 5.57. The third-order valence-electron chi connectivity index (χ3n) is 4.04. The van der Waals surface area contributed by atoms with Crippen LogP contribution >= 0.6 is 11.8 Å². The highest BCUT2D eigenvalue weighted by Gasteiger charge is 2.37. The minimum Gasteiger partial charge on any atom is -0.481 e. The van der Waals surface area contributed by atoms with Crippen molar-refractivity contribution in [3.8, 4) is 0 Å². The van der Waals surface area contributed by atoms with Crippen LogP contribution < -0.4 is 0 Å². The predicted molar refractivity (Wildman–Crippen MR) is 76.6 cm³/mol. The van der Waals surface area contributed by atoms with E-state index in [9.17, 15) is 4.79 Å². The molecule has 1 N–H and O–H groups in total. The van der Waals surface area contributed by atoms with Crippen LogP contribution in [0.15, 0.2) is 11.4 Å². The maximum atomic E-state index is 10.8. The predicted octanol–water partition coefficient (Wildman–Crippen LogP) is 3.37. The van der Waals surface area contributed by atoms with Crippen molar-refractivity contribution < 1.29 is 9.90 Å². The molecule has 1 saturated carbocycles. The molecule has 1 aliphatic carbocycles. The summed E-state index contributed by atoms with van der Waals surface area (Å²) in [7, 11) is 0. The minimum absolute atomic E-state index is 0.0767. The molecule has 1 atom stereocenters. The maximum Gasteiger partial charge on any atom is 0.313 e. The first-order chi connectivity index (χ1) is 8.95. The van der Waals surface area contributed by atoms with E-state index in [1.165, 1.54) is 30.3 Å². The zero-order valence-corrected chi connectivity index (χ0v) is 12.7. The van der Waals surface area contributed by atoms with Crippen molar-refractivity contribution in [2.24, 2.45) is 5.41 Å². The van der Waals surface area contributed by atoms with Gasteiger partial charge in [0.15, 0.2) is 5.16 Å². The third-order valence-corrected chi connectivity index (χ3v) is 4.99. The molecule has 1 heterocycles. The molecule has 19 heavy (non-hydrogen) atoms. The Kier molecular flexibility index (Phi) is 4.23. The number of rotatable bonds is 5. The summed E-state index contributed by atoms with van der Waals surface area (Å²) in [6.45, 7) is 6.73. The van der Waals surface area contributed by atoms with Crippen molar-refractivity contribution in [1.82, 2.24) is 9.55 Å². The first-order valence-corrected chi connectivity index (χ1v) is 7.85. The van der Waals surface area contributed by atoms with Crippen molar-refractivity contribution in [2.75, 3.05) is 5.75 Å². The molecule has 1 aromatic heterocycles. The number of aromatic nitrogens is 2. The van der Waals surface area contributed by atoms with Gasteiger partial charge in [0.25, 0.3) is 0 Å². The van der Waals surface area contributed by atoms with Gasteiger partial charge in [-0.2, -0.15) is 0 Å². The van der Waals surface area contributed by atoms with Crippen LogP contribution in [0.25, 0.3) is 0 Å². The maximum absolute atomic E-state index is 10.8. The number of carboxylic acids is 1. The van der Waals surface area contributed by atoms with Crippen LogP contribution in [-0.4, -0.2) is 26.4 Å². The second-order valence-electron chi connectivity index (χ2n) is 5.83. The van der Waals surface area contributed by atoms with Gasteiger partial charge in [-0.25, -0.2) is 4.98 Å². The van der Waals surface area contributed by atoms with E-state index >= 15 is 0 Å². The lowest BCUT2D eigenvalue weighted by atomic mass is 9.87. The Balaban J connectivity index is 2.31. The van der Waals surface area contributed by atoms with Crippen LogP contribution in [0, 0.1) is 5.41 Å². The van der Waals surface area contributed by atoms with E-state index < -0.39 is 5.97 Å². The highest BCUT2D eigenvalue weighted by Crippen LogP contribution is 2.47. The normalized spacial score (nSPS) is 21.7. The number of carboxylic acid groups (broad SMARTS) is 1. The lowest BCUT2D eigenvalue weighted by molar-refractivity contribution is -0.133. The van der Waals surface area contributed by atoms with E-state index in [-0.39, 0.29) is 11.2 Å². The van der Waals surface area contributed by atoms with Gasteiger partial charge in [0, 0.05) is 17.9 Å². The van der Waals surface area contributed by atoms with Crippen molar-refractivity contribution in [1.29, 1.82) is 0 Å². The monoisotopic (exact) mass is 282 g/mol. The van der Waals surface area contributed by atoms with Crippen molar-refractivity contribution >= 4 is 17.7 Å². The fourth-order valence-electron chi connectivity index (χ4n) is 2.99. The van der Waals surface area contributed by atoms with Gasteiger partial charge in [-0.3, -0.25) is 4.79 Å². The molecule has 0 aromatic carbocycles. The Hall–Kier alpha value is -0.970. The fourth-order valence-corrected chi connectivity index (χ4v) is 3.76. The molecule has 0 aliphatic heterocycles. The molecule has 1 fully saturated rings. The molecular weight excluding hydrogens is 260 g/mol. The van der Waals surface area contributed by atoms with E-state index in [2.05, 4.69) is 30.3 Å². The smallest absolute Gasteiger partial charge is 0.313 e. The molecule has 0 saturated heterocycles. The summed E-state index contributed by atoms with van der Waals surface area (Å²) in [6.07, 6.45) is 6.47. The Bertz CT molecular complexity index is 468. The van der Waals surface area contributed by atoms with Crippen LogP contribution in [0.1, 0.15) is 51.8 Å². The average molecular weight is 282 g/mol. The van der Waals surface area contributed by atoms with Crippen molar-refractivity contribution in [3.05, 3.63) is 11.9 Å². The second-order valence-corrected chi connectivity index (χ2v) is 6.78. The molecule has 1 unspecified atom stereocenters. The first-order valence-electron chi connectivity index (χ1n) is 6.86. The van der Waals surface area contributed by atoms with Crippen LogP contribution in [-0.2, 0) is 11.2 Å². The minimum atomic E-state index is -0.789. The van der Waals surface area contributed by atoms with Crippen molar-refractivity contribution in [2.45, 2.75) is 57.7 Å². The van der Waals surface area contributed by atoms with Crippen LogP contribution in [0.2, 0.25) is 0 Å². The molecule has 0 bridgehead atoms. The summed E-state index contributed by atoms with van der Waals surface area (Å²) >= 11 is 1.33. The van der Waals surface area contributed by atoms with Gasteiger partial charge in [-0.1, -0.05) is 39.0 Å². The van der Waals surface area contributed by atoms with Gasteiger partial charge >= 0.3 is 5.97 Å². The lowest BCUT2D eigenvalue weighted by Gasteiger charge is -2.30. The van der Waals surface area contributed by atoms with Gasteiger partial charge in [0.1, 0.15) is 0 Å². The largest absolute Gasteiger partial charge is 0.481 e. The van der Waals surface area contributed by atoms with E-state index in [0.29, 0.717) is 6.04 Å². The zero-order chi connectivity index (χ0) is 14.0. The third kappa shape index (κ3) is 2.96. The summed E-state index contributed by atoms with van der Waals surface area (Å²) in [5.74, 6) is -0.712. The number of aryl methyl sites for hydroxylation is 1. The van der Waals surface area contributed by atoms with Gasteiger partial charge in [0.2, 0.25) is 0 Å². The standard InChI is InChI=1S/C14H22N2O2S/c1-4-10-8-15-13(19-9-12(17)18)16(10)11-6-5-7-14(11,2)3/h8,11H,4-7,9H2,1-3H3,(H,17,18). The fraction of sp³-hybridized carbons (Fsp3) is 0.714. The molecule has 4 nitrogen and oxygen atoms in total. The number of imidazole rings is 1. The molecule has 2 rings (SSSR count). The summed E-state index contributed by atoms with van der Waals surface area (Å²) in [5.41, 5.74) is 1.48. The Labute approximate surface area is 118 Å². The molecule has 106 valence electrons. The highest BCUT2D eigenvalue weighted by molar-refractivity contribution is 7.99. The molecule has 1 aliphatic rings. The molecule has 0 spiro atoms. The van der Waals surface area contributed by atoms with E-state index in [1.807, 2.05) is 6.20 Å². The molecular formula is C14H22N2O2S. The van der Waals surface area contributed by atoms with E-state index in [1.54, 1.807) is 0 Å². The first kappa shape index (κ1) is 14.4. The number of hydrogen-bond acceptors (Lipinski definition) is 3. The number of carbonyl (C=O) groups is 1. The van der Waals surface area contributed by atoms with Gasteiger partial charge in [-0.15, -0.1) is 0 Å². The van der Waals surface area contributed by atoms with Gasteiger partial charge < -0.3 is 9.67 Å². The van der Waals surface area contributed by atoms with Crippen molar-refractivity contribution in [3.63, 3.8) is 0 Å². The van der Waals surface area contributed by atoms with E-state index in [0.717, 1.165) is 18.0 Å². The summed E-state index contributed by atoms with van der Waals surface area (Å²) in [4.78, 5) is 15.2. The lowest BCUT2D eigenvalue weighted by Crippen LogP contribution is -2.23. The Morgan fingerprint density at radius 3 is 2.89 bits per heavy atom. The number of thioether (sulfide) groups is 1. The molecule has 5 heteroatoms. The number of aliphatic carboxylic acids is 1. The highest BCUT2D eigenvalue weighted by atomic mass is 32.2. The zero-order valence-electron chi connectivity index (χ0n) is 11.8. The molecule has 1 aromatic rings. The van der Waals surface area contributed by atoms with Gasteiger partial charge in [-0.05, 0) is 24.7 Å². The van der Waals surface area contributed by atoms with Gasteiger partial charge in [0.05, 0.1) is 5.75 Å². The number of hydrogen-bond donors (Lipinski definition) is 1. The van der Waals surface area contributed by atoms with E-state index in [4.69, 9.17) is 5.11 Å². The van der Waals surface area contributed by atoms with Crippen LogP contribution in [0.5, 0.6) is 0 Å². The average Bonchev–Trinajstić information content (AvgIpc) is 2.88. The Morgan fingerprint density at radius 2 is 2.37 bits per heavy atom. The molecule has 0 amide bonds.